The molecule has 0 aliphatic carbocycles. The van der Waals surface area contributed by atoms with Crippen LogP contribution >= 0.6 is 0 Å². The van der Waals surface area contributed by atoms with Crippen LogP contribution in [0.4, 0.5) is 5.69 Å². The third kappa shape index (κ3) is 3.28. The van der Waals surface area contributed by atoms with E-state index >= 15 is 0 Å². The Labute approximate surface area is 154 Å². The summed E-state index contributed by atoms with van der Waals surface area (Å²) in [5, 5.41) is 1.22. The molecule has 2 aliphatic rings. The van der Waals surface area contributed by atoms with Crippen LogP contribution in [0.1, 0.15) is 25.7 Å². The fourth-order valence-electron chi connectivity index (χ4n) is 4.50. The Morgan fingerprint density at radius 2 is 2.00 bits per heavy atom. The van der Waals surface area contributed by atoms with Gasteiger partial charge in [0.15, 0.2) is 0 Å². The lowest BCUT2D eigenvalue weighted by molar-refractivity contribution is -0.128. The number of methoxy groups -OCH3 is 1. The molecule has 0 unspecified atom stereocenters. The third-order valence-electron chi connectivity index (χ3n) is 5.97. The summed E-state index contributed by atoms with van der Waals surface area (Å²) < 4.78 is 5.12. The van der Waals surface area contributed by atoms with Gasteiger partial charge in [-0.3, -0.25) is 9.78 Å². The number of aromatic nitrogens is 1. The molecule has 2 saturated heterocycles. The van der Waals surface area contributed by atoms with Crippen molar-refractivity contribution >= 4 is 22.5 Å². The first-order valence-corrected chi connectivity index (χ1v) is 9.56. The maximum Gasteiger partial charge on any atom is 0.223 e. The van der Waals surface area contributed by atoms with Gasteiger partial charge in [-0.15, -0.1) is 0 Å². The second-order valence-electron chi connectivity index (χ2n) is 7.67. The van der Waals surface area contributed by atoms with Crippen LogP contribution in [0, 0.1) is 5.41 Å². The Bertz CT molecular complexity index is 778. The van der Waals surface area contributed by atoms with E-state index in [9.17, 15) is 4.79 Å². The van der Waals surface area contributed by atoms with Crippen LogP contribution in [-0.2, 0) is 9.53 Å². The number of para-hydroxylation sites is 1. The summed E-state index contributed by atoms with van der Waals surface area (Å²) in [4.78, 5) is 21.4. The number of carbonyl (C=O) groups is 1. The Morgan fingerprint density at radius 3 is 2.81 bits per heavy atom. The van der Waals surface area contributed by atoms with Crippen molar-refractivity contribution in [3.63, 3.8) is 0 Å². The average molecular weight is 353 g/mol. The number of anilines is 1. The maximum absolute atomic E-state index is 12.4. The fourth-order valence-corrected chi connectivity index (χ4v) is 4.50. The minimum Gasteiger partial charge on any atom is -0.385 e. The lowest BCUT2D eigenvalue weighted by Crippen LogP contribution is -2.41. The molecule has 5 nitrogen and oxygen atoms in total. The first kappa shape index (κ1) is 17.3. The number of likely N-dealkylation sites (tertiary alicyclic amines) is 1. The van der Waals surface area contributed by atoms with Crippen molar-refractivity contribution in [1.29, 1.82) is 0 Å². The summed E-state index contributed by atoms with van der Waals surface area (Å²) in [6.07, 6.45) is 5.70. The van der Waals surface area contributed by atoms with Gasteiger partial charge in [0.2, 0.25) is 5.91 Å². The molecule has 1 amide bonds. The van der Waals surface area contributed by atoms with Gasteiger partial charge in [0.1, 0.15) is 0 Å². The zero-order chi connectivity index (χ0) is 18.0. The van der Waals surface area contributed by atoms with Gasteiger partial charge in [-0.1, -0.05) is 18.2 Å². The van der Waals surface area contributed by atoms with Crippen LogP contribution in [0.2, 0.25) is 0 Å². The van der Waals surface area contributed by atoms with Crippen molar-refractivity contribution in [3.05, 3.63) is 36.5 Å². The van der Waals surface area contributed by atoms with Gasteiger partial charge in [-0.25, -0.2) is 0 Å². The Morgan fingerprint density at radius 1 is 1.19 bits per heavy atom. The highest BCUT2D eigenvalue weighted by molar-refractivity contribution is 5.91. The van der Waals surface area contributed by atoms with E-state index in [2.05, 4.69) is 39.0 Å². The summed E-state index contributed by atoms with van der Waals surface area (Å²) in [5.41, 5.74) is 2.49. The van der Waals surface area contributed by atoms with Gasteiger partial charge in [0, 0.05) is 69.0 Å². The second kappa shape index (κ2) is 7.23. The van der Waals surface area contributed by atoms with Crippen LogP contribution in [0.15, 0.2) is 36.5 Å². The van der Waals surface area contributed by atoms with Gasteiger partial charge in [-0.2, -0.15) is 0 Å². The summed E-state index contributed by atoms with van der Waals surface area (Å²) in [6, 6.07) is 10.5. The molecule has 0 radical (unpaired) electrons. The molecule has 26 heavy (non-hydrogen) atoms. The van der Waals surface area contributed by atoms with E-state index in [-0.39, 0.29) is 5.41 Å². The Balaban J connectivity index is 1.43. The van der Waals surface area contributed by atoms with Crippen molar-refractivity contribution in [1.82, 2.24) is 9.88 Å². The van der Waals surface area contributed by atoms with Crippen LogP contribution in [-0.4, -0.2) is 55.7 Å². The molecule has 2 aliphatic heterocycles. The van der Waals surface area contributed by atoms with Crippen molar-refractivity contribution in [3.8, 4) is 0 Å². The summed E-state index contributed by atoms with van der Waals surface area (Å²) in [6.45, 7) is 4.48. The molecule has 2 aromatic rings. The first-order chi connectivity index (χ1) is 12.7. The van der Waals surface area contributed by atoms with Crippen molar-refractivity contribution in [2.24, 2.45) is 5.41 Å². The molecule has 0 atom stereocenters. The van der Waals surface area contributed by atoms with Crippen molar-refractivity contribution in [2.45, 2.75) is 25.7 Å². The molecule has 2 fully saturated rings. The number of piperidine rings is 1. The van der Waals surface area contributed by atoms with E-state index in [4.69, 9.17) is 4.74 Å². The van der Waals surface area contributed by atoms with Gasteiger partial charge >= 0.3 is 0 Å². The number of nitrogens with zero attached hydrogens (tertiary/aromatic N) is 3. The number of ether oxygens (including phenoxy) is 1. The normalized spacial score (nSPS) is 19.7. The van der Waals surface area contributed by atoms with Crippen LogP contribution < -0.4 is 4.90 Å². The molecular weight excluding hydrogens is 326 g/mol. The maximum atomic E-state index is 12.4. The number of benzene rings is 1. The average Bonchev–Trinajstić information content (AvgIpc) is 2.97. The van der Waals surface area contributed by atoms with Crippen molar-refractivity contribution < 1.29 is 9.53 Å². The lowest BCUT2D eigenvalue weighted by Gasteiger charge is -2.40. The third-order valence-corrected chi connectivity index (χ3v) is 5.97. The van der Waals surface area contributed by atoms with E-state index < -0.39 is 0 Å². The highest BCUT2D eigenvalue weighted by atomic mass is 16.5. The lowest BCUT2D eigenvalue weighted by atomic mass is 9.77. The van der Waals surface area contributed by atoms with Crippen LogP contribution in [0.3, 0.4) is 0 Å². The van der Waals surface area contributed by atoms with Gasteiger partial charge < -0.3 is 14.5 Å². The fraction of sp³-hybridized carbons (Fsp3) is 0.524. The van der Waals surface area contributed by atoms with Gasteiger partial charge in [-0.05, 0) is 31.4 Å². The number of pyridine rings is 1. The van der Waals surface area contributed by atoms with E-state index in [1.165, 1.54) is 11.1 Å². The second-order valence-corrected chi connectivity index (χ2v) is 7.67. The van der Waals surface area contributed by atoms with Crippen LogP contribution in [0.25, 0.3) is 10.9 Å². The molecular formula is C21H27N3O2. The number of fused-ring (bicyclic) bond motifs is 1. The minimum atomic E-state index is 0.170. The van der Waals surface area contributed by atoms with E-state index in [0.717, 1.165) is 57.6 Å². The number of amides is 1. The van der Waals surface area contributed by atoms with E-state index in [0.29, 0.717) is 12.3 Å². The zero-order valence-corrected chi connectivity index (χ0v) is 15.5. The number of carbonyl (C=O) groups excluding carboxylic acids is 1. The minimum absolute atomic E-state index is 0.170. The summed E-state index contributed by atoms with van der Waals surface area (Å²) in [5.74, 6) is 0.323. The predicted molar refractivity (Wildman–Crippen MR) is 103 cm³/mol. The Kier molecular flexibility index (Phi) is 4.81. The molecule has 5 heteroatoms. The highest BCUT2D eigenvalue weighted by Crippen LogP contribution is 2.42. The van der Waals surface area contributed by atoms with E-state index in [1.807, 2.05) is 12.3 Å². The molecule has 1 aromatic carbocycles. The van der Waals surface area contributed by atoms with Gasteiger partial charge in [0.05, 0.1) is 5.52 Å². The summed E-state index contributed by atoms with van der Waals surface area (Å²) >= 11 is 0. The molecule has 0 saturated carbocycles. The number of hydrogen-bond acceptors (Lipinski definition) is 4. The zero-order valence-electron chi connectivity index (χ0n) is 15.5. The number of rotatable bonds is 5. The Hall–Kier alpha value is -2.14. The molecule has 4 rings (SSSR count). The molecule has 0 N–H and O–H groups in total. The molecule has 1 aromatic heterocycles. The van der Waals surface area contributed by atoms with E-state index in [1.54, 1.807) is 7.11 Å². The molecule has 0 bridgehead atoms. The molecule has 3 heterocycles. The molecule has 1 spiro atoms. The SMILES string of the molecule is COCCCN1CC2(CCN(c3ccnc4ccccc34)CC2)CC1=O. The number of hydrogen-bond donors (Lipinski definition) is 0. The standard InChI is InChI=1S/C21H27N3O2/c1-26-14-4-11-24-16-21(15-20(24)25)8-12-23(13-9-21)19-7-10-22-18-6-3-2-5-17(18)19/h2-3,5-7,10H,4,8-9,11-16H2,1H3. The highest BCUT2D eigenvalue weighted by Gasteiger charge is 2.44. The predicted octanol–water partition coefficient (Wildman–Crippen LogP) is 3.09. The van der Waals surface area contributed by atoms with Crippen molar-refractivity contribution in [2.75, 3.05) is 44.8 Å². The van der Waals surface area contributed by atoms with Gasteiger partial charge in [0.25, 0.3) is 0 Å². The topological polar surface area (TPSA) is 45.7 Å². The quantitative estimate of drug-likeness (QED) is 0.775. The monoisotopic (exact) mass is 353 g/mol. The smallest absolute Gasteiger partial charge is 0.223 e. The summed E-state index contributed by atoms with van der Waals surface area (Å²) in [7, 11) is 1.71. The largest absolute Gasteiger partial charge is 0.385 e. The first-order valence-electron chi connectivity index (χ1n) is 9.56. The molecule has 138 valence electrons. The van der Waals surface area contributed by atoms with Crippen LogP contribution in [0.5, 0.6) is 0 Å².